The van der Waals surface area contributed by atoms with Crippen molar-refractivity contribution in [2.75, 3.05) is 26.8 Å². The Kier molecular flexibility index (Phi) is 6.03. The molecule has 0 atom stereocenters. The number of hydrogen-bond acceptors (Lipinski definition) is 2. The largest absolute Gasteiger partial charge is 0.383 e. The Labute approximate surface area is 126 Å². The average molecular weight is 285 g/mol. The first-order valence-electron chi connectivity index (χ1n) is 7.32. The molecule has 2 rings (SSSR count). The van der Waals surface area contributed by atoms with Gasteiger partial charge in [-0.25, -0.2) is 4.99 Å². The number of nitrogens with zero attached hydrogens (tertiary/aromatic N) is 1. The lowest BCUT2D eigenvalue weighted by molar-refractivity contribution is 0.203. The molecule has 2 N–H and O–H groups in total. The third-order valence-corrected chi connectivity index (χ3v) is 3.18. The summed E-state index contributed by atoms with van der Waals surface area (Å²) < 4.78 is 5.04. The summed E-state index contributed by atoms with van der Waals surface area (Å²) in [5, 5.41) is 8.99. The second-order valence-electron chi connectivity index (χ2n) is 4.80. The molecule has 4 heteroatoms. The SMILES string of the molecule is CCNC(=NCc1ccc2ccccc2c1)NCCOC. The molecule has 0 fully saturated rings. The minimum atomic E-state index is 0.660. The van der Waals surface area contributed by atoms with Gasteiger partial charge in [0.1, 0.15) is 0 Å². The van der Waals surface area contributed by atoms with Crippen molar-refractivity contribution >= 4 is 16.7 Å². The van der Waals surface area contributed by atoms with Crippen molar-refractivity contribution in [3.8, 4) is 0 Å². The Morgan fingerprint density at radius 1 is 1.10 bits per heavy atom. The predicted molar refractivity (Wildman–Crippen MR) is 88.6 cm³/mol. The van der Waals surface area contributed by atoms with Crippen LogP contribution in [0.15, 0.2) is 47.5 Å². The van der Waals surface area contributed by atoms with E-state index in [0.717, 1.165) is 19.0 Å². The fraction of sp³-hybridized carbons (Fsp3) is 0.353. The molecule has 0 saturated carbocycles. The summed E-state index contributed by atoms with van der Waals surface area (Å²) in [7, 11) is 1.70. The Bertz CT molecular complexity index is 595. The van der Waals surface area contributed by atoms with Crippen LogP contribution in [-0.4, -0.2) is 32.8 Å². The third kappa shape index (κ3) is 4.76. The number of ether oxygens (including phenoxy) is 1. The monoisotopic (exact) mass is 285 g/mol. The van der Waals surface area contributed by atoms with Crippen LogP contribution in [0.3, 0.4) is 0 Å². The predicted octanol–water partition coefficient (Wildman–Crippen LogP) is 2.54. The van der Waals surface area contributed by atoms with E-state index in [1.54, 1.807) is 7.11 Å². The molecular formula is C17H23N3O. The zero-order chi connectivity index (χ0) is 14.9. The number of methoxy groups -OCH3 is 1. The maximum absolute atomic E-state index is 5.04. The highest BCUT2D eigenvalue weighted by Crippen LogP contribution is 2.16. The van der Waals surface area contributed by atoms with E-state index in [-0.39, 0.29) is 0 Å². The van der Waals surface area contributed by atoms with Crippen molar-refractivity contribution in [3.05, 3.63) is 48.0 Å². The Morgan fingerprint density at radius 2 is 1.90 bits per heavy atom. The number of guanidine groups is 1. The van der Waals surface area contributed by atoms with E-state index in [1.807, 2.05) is 0 Å². The number of nitrogens with one attached hydrogen (secondary N) is 2. The zero-order valence-electron chi connectivity index (χ0n) is 12.7. The topological polar surface area (TPSA) is 45.7 Å². The molecule has 0 amide bonds. The van der Waals surface area contributed by atoms with Crippen LogP contribution < -0.4 is 10.6 Å². The minimum Gasteiger partial charge on any atom is -0.383 e. The molecule has 0 bridgehead atoms. The van der Waals surface area contributed by atoms with Crippen LogP contribution in [-0.2, 0) is 11.3 Å². The molecule has 0 radical (unpaired) electrons. The molecule has 2 aromatic rings. The second-order valence-corrected chi connectivity index (χ2v) is 4.80. The molecule has 0 saturated heterocycles. The van der Waals surface area contributed by atoms with E-state index >= 15 is 0 Å². The molecule has 0 aliphatic carbocycles. The van der Waals surface area contributed by atoms with E-state index in [1.165, 1.54) is 16.3 Å². The van der Waals surface area contributed by atoms with Crippen LogP contribution in [0.5, 0.6) is 0 Å². The van der Waals surface area contributed by atoms with Crippen molar-refractivity contribution in [2.24, 2.45) is 4.99 Å². The summed E-state index contributed by atoms with van der Waals surface area (Å²) in [5.74, 6) is 0.822. The fourth-order valence-electron chi connectivity index (χ4n) is 2.12. The van der Waals surface area contributed by atoms with E-state index < -0.39 is 0 Å². The number of aliphatic imine (C=N–C) groups is 1. The smallest absolute Gasteiger partial charge is 0.191 e. The normalized spacial score (nSPS) is 11.6. The Balaban J connectivity index is 2.03. The first-order valence-corrected chi connectivity index (χ1v) is 7.32. The molecular weight excluding hydrogens is 262 g/mol. The maximum atomic E-state index is 5.04. The molecule has 0 aliphatic rings. The van der Waals surface area contributed by atoms with Gasteiger partial charge in [-0.1, -0.05) is 36.4 Å². The molecule has 21 heavy (non-hydrogen) atoms. The number of fused-ring (bicyclic) bond motifs is 1. The summed E-state index contributed by atoms with van der Waals surface area (Å²) in [5.41, 5.74) is 1.21. The van der Waals surface area contributed by atoms with Crippen molar-refractivity contribution in [3.63, 3.8) is 0 Å². The first kappa shape index (κ1) is 15.3. The summed E-state index contributed by atoms with van der Waals surface area (Å²) in [4.78, 5) is 4.60. The van der Waals surface area contributed by atoms with Crippen molar-refractivity contribution in [1.29, 1.82) is 0 Å². The summed E-state index contributed by atoms with van der Waals surface area (Å²) in [6.07, 6.45) is 0. The summed E-state index contributed by atoms with van der Waals surface area (Å²) >= 11 is 0. The highest BCUT2D eigenvalue weighted by molar-refractivity contribution is 5.83. The Morgan fingerprint density at radius 3 is 2.67 bits per heavy atom. The first-order chi connectivity index (χ1) is 10.3. The van der Waals surface area contributed by atoms with Gasteiger partial charge in [-0.2, -0.15) is 0 Å². The van der Waals surface area contributed by atoms with Crippen LogP contribution in [0.25, 0.3) is 10.8 Å². The highest BCUT2D eigenvalue weighted by atomic mass is 16.5. The van der Waals surface area contributed by atoms with Crippen LogP contribution in [0.2, 0.25) is 0 Å². The Hall–Kier alpha value is -2.07. The molecule has 0 aliphatic heterocycles. The average Bonchev–Trinajstić information content (AvgIpc) is 2.52. The zero-order valence-corrected chi connectivity index (χ0v) is 12.7. The third-order valence-electron chi connectivity index (χ3n) is 3.18. The van der Waals surface area contributed by atoms with Gasteiger partial charge in [0.25, 0.3) is 0 Å². The summed E-state index contributed by atoms with van der Waals surface area (Å²) in [6.45, 7) is 4.98. The van der Waals surface area contributed by atoms with Gasteiger partial charge >= 0.3 is 0 Å². The number of rotatable bonds is 6. The molecule has 0 unspecified atom stereocenters. The van der Waals surface area contributed by atoms with E-state index in [9.17, 15) is 0 Å². The second kappa shape index (κ2) is 8.27. The number of benzene rings is 2. The van der Waals surface area contributed by atoms with Crippen LogP contribution in [0.4, 0.5) is 0 Å². The van der Waals surface area contributed by atoms with E-state index in [4.69, 9.17) is 4.74 Å². The highest BCUT2D eigenvalue weighted by Gasteiger charge is 1.98. The van der Waals surface area contributed by atoms with Gasteiger partial charge in [0.05, 0.1) is 13.2 Å². The van der Waals surface area contributed by atoms with Crippen molar-refractivity contribution < 1.29 is 4.74 Å². The van der Waals surface area contributed by atoms with E-state index in [0.29, 0.717) is 13.2 Å². The van der Waals surface area contributed by atoms with Gasteiger partial charge in [0.2, 0.25) is 0 Å². The maximum Gasteiger partial charge on any atom is 0.191 e. The van der Waals surface area contributed by atoms with Crippen LogP contribution >= 0.6 is 0 Å². The van der Waals surface area contributed by atoms with Crippen LogP contribution in [0, 0.1) is 0 Å². The van der Waals surface area contributed by atoms with Gasteiger partial charge in [-0.05, 0) is 29.3 Å². The van der Waals surface area contributed by atoms with Gasteiger partial charge in [0, 0.05) is 20.2 Å². The molecule has 0 aromatic heterocycles. The lowest BCUT2D eigenvalue weighted by Gasteiger charge is -2.10. The molecule has 2 aromatic carbocycles. The quantitative estimate of drug-likeness (QED) is 0.487. The van der Waals surface area contributed by atoms with Gasteiger partial charge in [0.15, 0.2) is 5.96 Å². The lowest BCUT2D eigenvalue weighted by Crippen LogP contribution is -2.38. The number of hydrogen-bond donors (Lipinski definition) is 2. The van der Waals surface area contributed by atoms with Gasteiger partial charge < -0.3 is 15.4 Å². The molecule has 4 nitrogen and oxygen atoms in total. The van der Waals surface area contributed by atoms with E-state index in [2.05, 4.69) is 65.0 Å². The minimum absolute atomic E-state index is 0.660. The molecule has 0 heterocycles. The summed E-state index contributed by atoms with van der Waals surface area (Å²) in [6, 6.07) is 14.8. The fourth-order valence-corrected chi connectivity index (χ4v) is 2.12. The van der Waals surface area contributed by atoms with Crippen molar-refractivity contribution in [2.45, 2.75) is 13.5 Å². The van der Waals surface area contributed by atoms with Gasteiger partial charge in [-0.3, -0.25) is 0 Å². The van der Waals surface area contributed by atoms with Gasteiger partial charge in [-0.15, -0.1) is 0 Å². The lowest BCUT2D eigenvalue weighted by atomic mass is 10.1. The molecule has 112 valence electrons. The van der Waals surface area contributed by atoms with Crippen molar-refractivity contribution in [1.82, 2.24) is 10.6 Å². The van der Waals surface area contributed by atoms with Crippen LogP contribution in [0.1, 0.15) is 12.5 Å². The standard InChI is InChI=1S/C17H23N3O/c1-3-18-17(19-10-11-21-2)20-13-14-8-9-15-6-4-5-7-16(15)12-14/h4-9,12H,3,10-11,13H2,1-2H3,(H2,18,19,20). The molecule has 0 spiro atoms.